The maximum Gasteiger partial charge on any atom is 0.317 e. The number of nitrogens with one attached hydrogen (secondary N) is 2. The molecule has 1 unspecified atom stereocenters. The Labute approximate surface area is 168 Å². The Morgan fingerprint density at radius 1 is 1.11 bits per heavy atom. The highest BCUT2D eigenvalue weighted by Gasteiger charge is 2.22. The molecule has 148 valence electrons. The SMILES string of the molecule is O=C(CNC(=O)N1CCN(c2ccc(Cl)c(Cl)c2)CC1)NCC1CCCO1. The highest BCUT2D eigenvalue weighted by molar-refractivity contribution is 6.42. The van der Waals surface area contributed by atoms with Gasteiger partial charge in [-0.1, -0.05) is 23.2 Å². The molecule has 0 aromatic heterocycles. The second-order valence-electron chi connectivity index (χ2n) is 6.67. The van der Waals surface area contributed by atoms with Gasteiger partial charge in [0.2, 0.25) is 5.91 Å². The van der Waals surface area contributed by atoms with E-state index in [2.05, 4.69) is 15.5 Å². The number of benzene rings is 1. The Kier molecular flexibility index (Phi) is 7.04. The molecule has 0 radical (unpaired) electrons. The largest absolute Gasteiger partial charge is 0.376 e. The van der Waals surface area contributed by atoms with Gasteiger partial charge in [0, 0.05) is 45.0 Å². The third-order valence-electron chi connectivity index (χ3n) is 4.79. The number of nitrogens with zero attached hydrogens (tertiary/aromatic N) is 2. The zero-order valence-corrected chi connectivity index (χ0v) is 16.6. The number of hydrogen-bond donors (Lipinski definition) is 2. The lowest BCUT2D eigenvalue weighted by atomic mass is 10.2. The smallest absolute Gasteiger partial charge is 0.317 e. The molecule has 2 aliphatic heterocycles. The fourth-order valence-corrected chi connectivity index (χ4v) is 3.51. The molecule has 0 saturated carbocycles. The van der Waals surface area contributed by atoms with Gasteiger partial charge >= 0.3 is 6.03 Å². The first-order valence-electron chi connectivity index (χ1n) is 9.14. The molecule has 2 fully saturated rings. The lowest BCUT2D eigenvalue weighted by Gasteiger charge is -2.36. The number of halogens is 2. The molecule has 1 aromatic carbocycles. The minimum Gasteiger partial charge on any atom is -0.376 e. The van der Waals surface area contributed by atoms with Gasteiger partial charge in [0.25, 0.3) is 0 Å². The Hall–Kier alpha value is -1.70. The average Bonchev–Trinajstić information content (AvgIpc) is 3.20. The highest BCUT2D eigenvalue weighted by Crippen LogP contribution is 2.27. The number of ether oxygens (including phenoxy) is 1. The van der Waals surface area contributed by atoms with Crippen molar-refractivity contribution in [1.82, 2.24) is 15.5 Å². The van der Waals surface area contributed by atoms with Crippen LogP contribution >= 0.6 is 23.2 Å². The van der Waals surface area contributed by atoms with Crippen LogP contribution in [0.15, 0.2) is 18.2 Å². The normalized spacial score (nSPS) is 19.9. The molecular formula is C18H24Cl2N4O3. The molecule has 2 N–H and O–H groups in total. The van der Waals surface area contributed by atoms with Gasteiger partial charge in [-0.3, -0.25) is 4.79 Å². The monoisotopic (exact) mass is 414 g/mol. The Bertz CT molecular complexity index is 675. The Morgan fingerprint density at radius 2 is 1.89 bits per heavy atom. The molecule has 3 amide bonds. The molecule has 1 atom stereocenters. The summed E-state index contributed by atoms with van der Waals surface area (Å²) in [5, 5.41) is 6.51. The van der Waals surface area contributed by atoms with Crippen molar-refractivity contribution in [3.8, 4) is 0 Å². The first-order valence-corrected chi connectivity index (χ1v) is 9.89. The van der Waals surface area contributed by atoms with Gasteiger partial charge in [-0.05, 0) is 31.0 Å². The van der Waals surface area contributed by atoms with Crippen molar-refractivity contribution in [1.29, 1.82) is 0 Å². The first kappa shape index (κ1) is 20.0. The van der Waals surface area contributed by atoms with Crippen LogP contribution in [0.25, 0.3) is 0 Å². The summed E-state index contributed by atoms with van der Waals surface area (Å²) in [5.74, 6) is -0.201. The zero-order chi connectivity index (χ0) is 19.2. The number of hydrogen-bond acceptors (Lipinski definition) is 4. The molecule has 2 heterocycles. The van der Waals surface area contributed by atoms with Crippen LogP contribution in [0.2, 0.25) is 10.0 Å². The van der Waals surface area contributed by atoms with Crippen molar-refractivity contribution in [3.63, 3.8) is 0 Å². The van der Waals surface area contributed by atoms with E-state index in [-0.39, 0.29) is 24.6 Å². The maximum atomic E-state index is 12.3. The molecule has 27 heavy (non-hydrogen) atoms. The summed E-state index contributed by atoms with van der Waals surface area (Å²) < 4.78 is 5.45. The van der Waals surface area contributed by atoms with Gasteiger partial charge in [0.05, 0.1) is 22.7 Å². The number of carbonyl (C=O) groups excluding carboxylic acids is 2. The van der Waals surface area contributed by atoms with Gasteiger partial charge in [-0.15, -0.1) is 0 Å². The second kappa shape index (κ2) is 9.48. The van der Waals surface area contributed by atoms with E-state index in [9.17, 15) is 9.59 Å². The van der Waals surface area contributed by atoms with E-state index in [1.54, 1.807) is 11.0 Å². The Morgan fingerprint density at radius 3 is 2.56 bits per heavy atom. The first-order chi connectivity index (χ1) is 13.0. The molecular weight excluding hydrogens is 391 g/mol. The fourth-order valence-electron chi connectivity index (χ4n) is 3.21. The summed E-state index contributed by atoms with van der Waals surface area (Å²) in [7, 11) is 0. The summed E-state index contributed by atoms with van der Waals surface area (Å²) in [6, 6.07) is 5.30. The highest BCUT2D eigenvalue weighted by atomic mass is 35.5. The third kappa shape index (κ3) is 5.64. The van der Waals surface area contributed by atoms with Crippen molar-refractivity contribution >= 4 is 40.8 Å². The lowest BCUT2D eigenvalue weighted by Crippen LogP contribution is -2.53. The predicted octanol–water partition coefficient (Wildman–Crippen LogP) is 2.12. The van der Waals surface area contributed by atoms with Crippen LogP contribution in [-0.2, 0) is 9.53 Å². The summed E-state index contributed by atoms with van der Waals surface area (Å²) in [5.41, 5.74) is 0.984. The molecule has 3 rings (SSSR count). The summed E-state index contributed by atoms with van der Waals surface area (Å²) in [6.45, 7) is 3.75. The van der Waals surface area contributed by atoms with E-state index in [1.807, 2.05) is 12.1 Å². The van der Waals surface area contributed by atoms with Gasteiger partial charge < -0.3 is 25.2 Å². The van der Waals surface area contributed by atoms with Crippen molar-refractivity contribution < 1.29 is 14.3 Å². The zero-order valence-electron chi connectivity index (χ0n) is 15.0. The molecule has 0 spiro atoms. The van der Waals surface area contributed by atoms with Crippen LogP contribution in [-0.4, -0.2) is 68.8 Å². The molecule has 2 aliphatic rings. The minimum absolute atomic E-state index is 0.0292. The van der Waals surface area contributed by atoms with Gasteiger partial charge in [-0.25, -0.2) is 4.79 Å². The van der Waals surface area contributed by atoms with Crippen LogP contribution in [0.3, 0.4) is 0 Å². The van der Waals surface area contributed by atoms with Crippen LogP contribution in [0.5, 0.6) is 0 Å². The van der Waals surface area contributed by atoms with E-state index in [1.165, 1.54) is 0 Å². The molecule has 9 heteroatoms. The fraction of sp³-hybridized carbons (Fsp3) is 0.556. The van der Waals surface area contributed by atoms with E-state index in [4.69, 9.17) is 27.9 Å². The van der Waals surface area contributed by atoms with Crippen molar-refractivity contribution in [2.75, 3.05) is 50.8 Å². The summed E-state index contributed by atoms with van der Waals surface area (Å²) >= 11 is 12.0. The minimum atomic E-state index is -0.226. The van der Waals surface area contributed by atoms with Crippen LogP contribution < -0.4 is 15.5 Å². The van der Waals surface area contributed by atoms with Crippen LogP contribution in [0, 0.1) is 0 Å². The molecule has 7 nitrogen and oxygen atoms in total. The van der Waals surface area contributed by atoms with Crippen molar-refractivity contribution in [2.24, 2.45) is 0 Å². The van der Waals surface area contributed by atoms with Crippen LogP contribution in [0.1, 0.15) is 12.8 Å². The number of amides is 3. The maximum absolute atomic E-state index is 12.3. The number of anilines is 1. The quantitative estimate of drug-likeness (QED) is 0.773. The number of urea groups is 1. The summed E-state index contributed by atoms with van der Waals surface area (Å²) in [6.07, 6.45) is 2.10. The Balaban J connectivity index is 1.37. The topological polar surface area (TPSA) is 73.9 Å². The van der Waals surface area contributed by atoms with Gasteiger partial charge in [-0.2, -0.15) is 0 Å². The molecule has 0 aliphatic carbocycles. The van der Waals surface area contributed by atoms with E-state index in [0.29, 0.717) is 42.8 Å². The molecule has 2 saturated heterocycles. The number of piperazine rings is 1. The second-order valence-corrected chi connectivity index (χ2v) is 7.48. The van der Waals surface area contributed by atoms with E-state index < -0.39 is 0 Å². The lowest BCUT2D eigenvalue weighted by molar-refractivity contribution is -0.120. The standard InChI is InChI=1S/C18H24Cl2N4O3/c19-15-4-3-13(10-16(15)20)23-5-7-24(8-6-23)18(26)22-12-17(25)21-11-14-2-1-9-27-14/h3-4,10,14H,1-2,5-9,11-12H2,(H,21,25)(H,22,26). The van der Waals surface area contributed by atoms with Gasteiger partial charge in [0.1, 0.15) is 0 Å². The number of rotatable bonds is 5. The van der Waals surface area contributed by atoms with Crippen molar-refractivity contribution in [3.05, 3.63) is 28.2 Å². The van der Waals surface area contributed by atoms with Gasteiger partial charge in [0.15, 0.2) is 0 Å². The molecule has 1 aromatic rings. The summed E-state index contributed by atoms with van der Waals surface area (Å²) in [4.78, 5) is 28.0. The van der Waals surface area contributed by atoms with E-state index in [0.717, 1.165) is 25.1 Å². The van der Waals surface area contributed by atoms with E-state index >= 15 is 0 Å². The molecule has 0 bridgehead atoms. The number of carbonyl (C=O) groups is 2. The van der Waals surface area contributed by atoms with Crippen molar-refractivity contribution in [2.45, 2.75) is 18.9 Å². The van der Waals surface area contributed by atoms with Crippen LogP contribution in [0.4, 0.5) is 10.5 Å². The predicted molar refractivity (Wildman–Crippen MR) is 106 cm³/mol. The third-order valence-corrected chi connectivity index (χ3v) is 5.53. The average molecular weight is 415 g/mol.